The van der Waals surface area contributed by atoms with Crippen LogP contribution in [0.1, 0.15) is 24.1 Å². The lowest BCUT2D eigenvalue weighted by molar-refractivity contribution is 0.755. The topological polar surface area (TPSA) is 12.9 Å². The van der Waals surface area contributed by atoms with E-state index < -0.39 is 0 Å². The van der Waals surface area contributed by atoms with E-state index in [9.17, 15) is 0 Å². The summed E-state index contributed by atoms with van der Waals surface area (Å²) in [5.41, 5.74) is 2.46. The van der Waals surface area contributed by atoms with Gasteiger partial charge >= 0.3 is 0 Å². The lowest BCUT2D eigenvalue weighted by Gasteiger charge is -2.15. The zero-order valence-electron chi connectivity index (χ0n) is 7.96. The number of rotatable bonds is 0. The minimum atomic E-state index is 1.07. The molecule has 2 aromatic rings. The van der Waals surface area contributed by atoms with Gasteiger partial charge in [0.15, 0.2) is 0 Å². The van der Waals surface area contributed by atoms with E-state index in [1.54, 1.807) is 0 Å². The van der Waals surface area contributed by atoms with Crippen molar-refractivity contribution >= 4 is 10.8 Å². The molecule has 0 N–H and O–H groups in total. The highest BCUT2D eigenvalue weighted by molar-refractivity contribution is 5.86. The Morgan fingerprint density at radius 2 is 2.14 bits per heavy atom. The fourth-order valence-corrected chi connectivity index (χ4v) is 2.06. The van der Waals surface area contributed by atoms with Crippen LogP contribution in [0.3, 0.4) is 0 Å². The first-order valence-corrected chi connectivity index (χ1v) is 5.05. The summed E-state index contributed by atoms with van der Waals surface area (Å²) in [6.45, 7) is 0. The number of fused-ring (bicyclic) bond motifs is 3. The van der Waals surface area contributed by atoms with Gasteiger partial charge in [0.2, 0.25) is 0 Å². The lowest BCUT2D eigenvalue weighted by atomic mass is 9.92. The minimum Gasteiger partial charge on any atom is -0.260 e. The molecule has 0 atom stereocenters. The summed E-state index contributed by atoms with van der Waals surface area (Å²) in [5, 5.41) is 2.53. The first-order chi connectivity index (χ1) is 6.95. The highest BCUT2D eigenvalue weighted by atomic mass is 14.7. The zero-order chi connectivity index (χ0) is 9.38. The maximum absolute atomic E-state index is 4.48. The molecular weight excluding hydrogens is 170 g/mol. The first-order valence-electron chi connectivity index (χ1n) is 5.05. The molecule has 1 aliphatic carbocycles. The normalized spacial score (nSPS) is 15.4. The molecule has 2 radical (unpaired) electrons. The number of benzene rings is 1. The molecular formula is C13H11N. The van der Waals surface area contributed by atoms with E-state index in [-0.39, 0.29) is 0 Å². The highest BCUT2D eigenvalue weighted by Crippen LogP contribution is 2.27. The second kappa shape index (κ2) is 3.09. The second-order valence-electron chi connectivity index (χ2n) is 3.70. The fraction of sp³-hybridized carbons (Fsp3) is 0.231. The molecule has 0 fully saturated rings. The molecule has 0 unspecified atom stereocenters. The van der Waals surface area contributed by atoms with Crippen LogP contribution in [0.25, 0.3) is 10.8 Å². The Balaban J connectivity index is 2.34. The summed E-state index contributed by atoms with van der Waals surface area (Å²) in [7, 11) is 0. The summed E-state index contributed by atoms with van der Waals surface area (Å²) in [4.78, 5) is 4.48. The van der Waals surface area contributed by atoms with Crippen molar-refractivity contribution in [1.82, 2.24) is 4.98 Å². The molecule has 1 aliphatic rings. The lowest BCUT2D eigenvalue weighted by Crippen LogP contribution is -2.03. The van der Waals surface area contributed by atoms with Crippen LogP contribution in [0.15, 0.2) is 30.5 Å². The van der Waals surface area contributed by atoms with Crippen molar-refractivity contribution in [3.63, 3.8) is 0 Å². The molecule has 0 saturated heterocycles. The van der Waals surface area contributed by atoms with Gasteiger partial charge < -0.3 is 0 Å². The van der Waals surface area contributed by atoms with E-state index in [0.717, 1.165) is 12.8 Å². The van der Waals surface area contributed by atoms with Gasteiger partial charge in [0.1, 0.15) is 0 Å². The molecule has 14 heavy (non-hydrogen) atoms. The zero-order valence-corrected chi connectivity index (χ0v) is 7.96. The van der Waals surface area contributed by atoms with E-state index in [2.05, 4.69) is 35.7 Å². The molecule has 1 nitrogen and oxygen atoms in total. The Labute approximate surface area is 83.8 Å². The number of hydrogen-bond donors (Lipinski definition) is 0. The highest BCUT2D eigenvalue weighted by Gasteiger charge is 2.13. The molecule has 3 rings (SSSR count). The average Bonchev–Trinajstić information content (AvgIpc) is 2.29. The van der Waals surface area contributed by atoms with Crippen molar-refractivity contribution in [3.8, 4) is 0 Å². The molecule has 0 aliphatic heterocycles. The minimum absolute atomic E-state index is 1.07. The van der Waals surface area contributed by atoms with E-state index >= 15 is 0 Å². The summed E-state index contributed by atoms with van der Waals surface area (Å²) in [6, 6.07) is 8.41. The van der Waals surface area contributed by atoms with E-state index in [1.165, 1.54) is 28.5 Å². The Bertz CT molecular complexity index is 474. The largest absolute Gasteiger partial charge is 0.260 e. The monoisotopic (exact) mass is 181 g/mol. The van der Waals surface area contributed by atoms with Gasteiger partial charge in [-0.3, -0.25) is 4.98 Å². The van der Waals surface area contributed by atoms with Crippen molar-refractivity contribution in [3.05, 3.63) is 48.1 Å². The van der Waals surface area contributed by atoms with Gasteiger partial charge in [-0.15, -0.1) is 0 Å². The summed E-state index contributed by atoms with van der Waals surface area (Å²) < 4.78 is 0. The molecule has 0 spiro atoms. The average molecular weight is 181 g/mol. The van der Waals surface area contributed by atoms with Crippen LogP contribution in [-0.4, -0.2) is 4.98 Å². The number of aryl methyl sites for hydroxylation is 1. The van der Waals surface area contributed by atoms with Crippen molar-refractivity contribution in [2.45, 2.75) is 19.3 Å². The third kappa shape index (κ3) is 1.12. The summed E-state index contributed by atoms with van der Waals surface area (Å²) in [6.07, 6.45) is 8.79. The number of pyridine rings is 1. The fourth-order valence-electron chi connectivity index (χ4n) is 2.06. The molecule has 1 aromatic carbocycles. The number of nitrogens with zero attached hydrogens (tertiary/aromatic N) is 1. The van der Waals surface area contributed by atoms with Gasteiger partial charge in [0, 0.05) is 23.7 Å². The van der Waals surface area contributed by atoms with Crippen LogP contribution in [0, 0.1) is 6.42 Å². The van der Waals surface area contributed by atoms with Crippen LogP contribution in [0.4, 0.5) is 0 Å². The molecule has 0 saturated carbocycles. The van der Waals surface area contributed by atoms with Gasteiger partial charge in [-0.25, -0.2) is 0 Å². The van der Waals surface area contributed by atoms with Crippen LogP contribution in [0.5, 0.6) is 0 Å². The van der Waals surface area contributed by atoms with Gasteiger partial charge in [0.25, 0.3) is 0 Å². The molecule has 1 aromatic heterocycles. The Morgan fingerprint density at radius 3 is 3.14 bits per heavy atom. The van der Waals surface area contributed by atoms with Gasteiger partial charge in [-0.1, -0.05) is 24.3 Å². The molecule has 68 valence electrons. The third-order valence-corrected chi connectivity index (χ3v) is 2.77. The Morgan fingerprint density at radius 1 is 1.21 bits per heavy atom. The van der Waals surface area contributed by atoms with Crippen molar-refractivity contribution in [2.75, 3.05) is 0 Å². The molecule has 1 heteroatoms. The summed E-state index contributed by atoms with van der Waals surface area (Å²) in [5.74, 6) is 0. The quantitative estimate of drug-likeness (QED) is 0.608. The second-order valence-corrected chi connectivity index (χ2v) is 3.70. The molecule has 0 bridgehead atoms. The van der Waals surface area contributed by atoms with Gasteiger partial charge in [-0.05, 0) is 30.2 Å². The Kier molecular flexibility index (Phi) is 1.76. The molecule has 1 heterocycles. The summed E-state index contributed by atoms with van der Waals surface area (Å²) >= 11 is 0. The Hall–Kier alpha value is -1.37. The van der Waals surface area contributed by atoms with E-state index in [1.807, 2.05) is 6.20 Å². The predicted molar refractivity (Wildman–Crippen MR) is 57.0 cm³/mol. The first kappa shape index (κ1) is 7.98. The van der Waals surface area contributed by atoms with Crippen molar-refractivity contribution < 1.29 is 0 Å². The van der Waals surface area contributed by atoms with Crippen molar-refractivity contribution in [1.29, 1.82) is 0 Å². The van der Waals surface area contributed by atoms with Crippen molar-refractivity contribution in [2.24, 2.45) is 0 Å². The van der Waals surface area contributed by atoms with Gasteiger partial charge in [-0.2, -0.15) is 0 Å². The smallest absolute Gasteiger partial charge is 0.0448 e. The van der Waals surface area contributed by atoms with Crippen LogP contribution in [0.2, 0.25) is 0 Å². The van der Waals surface area contributed by atoms with Crippen LogP contribution < -0.4 is 0 Å². The van der Waals surface area contributed by atoms with Crippen LogP contribution >= 0.6 is 0 Å². The van der Waals surface area contributed by atoms with Gasteiger partial charge in [0.05, 0.1) is 0 Å². The maximum atomic E-state index is 4.48. The number of aromatic nitrogens is 1. The number of hydrogen-bond acceptors (Lipinski definition) is 1. The van der Waals surface area contributed by atoms with E-state index in [0.29, 0.717) is 0 Å². The predicted octanol–water partition coefficient (Wildman–Crippen LogP) is 3.00. The SMILES string of the molecule is [C]1CCCc2ncc3ccccc3c21. The standard InChI is InChI=1S/C13H11N/c1-2-6-11-10(5-1)9-14-13-8-4-3-7-12(11)13/h1-2,5-6,9H,3-4,8H2. The van der Waals surface area contributed by atoms with Crippen LogP contribution in [-0.2, 0) is 6.42 Å². The maximum Gasteiger partial charge on any atom is 0.0448 e. The molecule has 0 amide bonds. The third-order valence-electron chi connectivity index (χ3n) is 2.77. The van der Waals surface area contributed by atoms with E-state index in [4.69, 9.17) is 0 Å².